The molecule has 6 nitrogen and oxygen atoms in total. The Balaban J connectivity index is 2.27. The first-order valence-corrected chi connectivity index (χ1v) is 10.2. The summed E-state index contributed by atoms with van der Waals surface area (Å²) >= 11 is 0. The van der Waals surface area contributed by atoms with Crippen molar-refractivity contribution in [3.63, 3.8) is 0 Å². The Morgan fingerprint density at radius 2 is 1.88 bits per heavy atom. The van der Waals surface area contributed by atoms with Crippen LogP contribution >= 0.6 is 0 Å². The first kappa shape index (κ1) is 19.8. The summed E-state index contributed by atoms with van der Waals surface area (Å²) in [4.78, 5) is 12.7. The summed E-state index contributed by atoms with van der Waals surface area (Å²) in [5, 5.41) is 2.75. The summed E-state index contributed by atoms with van der Waals surface area (Å²) in [7, 11) is -3.64. The monoisotopic (exact) mass is 376 g/mol. The van der Waals surface area contributed by atoms with Crippen molar-refractivity contribution in [2.24, 2.45) is 0 Å². The number of amides is 1. The van der Waals surface area contributed by atoms with Crippen LogP contribution in [0.5, 0.6) is 5.75 Å². The van der Waals surface area contributed by atoms with E-state index >= 15 is 0 Å². The van der Waals surface area contributed by atoms with E-state index in [9.17, 15) is 13.2 Å². The van der Waals surface area contributed by atoms with Crippen molar-refractivity contribution in [2.75, 3.05) is 22.5 Å². The van der Waals surface area contributed by atoms with E-state index in [4.69, 9.17) is 4.74 Å². The second kappa shape index (κ2) is 8.23. The van der Waals surface area contributed by atoms with Crippen LogP contribution in [0.15, 0.2) is 48.5 Å². The smallest absolute Gasteiger partial charge is 0.247 e. The number of aryl methyl sites for hydroxylation is 1. The van der Waals surface area contributed by atoms with Gasteiger partial charge in [0.2, 0.25) is 15.9 Å². The molecule has 0 saturated heterocycles. The van der Waals surface area contributed by atoms with Gasteiger partial charge in [-0.15, -0.1) is 0 Å². The third kappa shape index (κ3) is 4.98. The molecule has 0 unspecified atom stereocenters. The second-order valence-corrected chi connectivity index (χ2v) is 7.88. The van der Waals surface area contributed by atoms with Gasteiger partial charge in [-0.3, -0.25) is 9.10 Å². The Labute approximate surface area is 154 Å². The van der Waals surface area contributed by atoms with E-state index < -0.39 is 22.0 Å². The number of nitrogens with zero attached hydrogens (tertiary/aromatic N) is 1. The first-order valence-electron chi connectivity index (χ1n) is 8.32. The van der Waals surface area contributed by atoms with Crippen LogP contribution in [0.3, 0.4) is 0 Å². The summed E-state index contributed by atoms with van der Waals surface area (Å²) in [6.07, 6.45) is 1.09. The molecule has 0 heterocycles. The van der Waals surface area contributed by atoms with E-state index in [0.29, 0.717) is 23.7 Å². The molecule has 0 bridgehead atoms. The molecule has 2 rings (SSSR count). The average molecular weight is 376 g/mol. The second-order valence-electron chi connectivity index (χ2n) is 6.02. The molecule has 7 heteroatoms. The Morgan fingerprint density at radius 1 is 1.19 bits per heavy atom. The molecule has 26 heavy (non-hydrogen) atoms. The highest BCUT2D eigenvalue weighted by atomic mass is 32.2. The van der Waals surface area contributed by atoms with E-state index in [2.05, 4.69) is 5.32 Å². The minimum atomic E-state index is -3.64. The fraction of sp³-hybridized carbons (Fsp3) is 0.316. The molecule has 0 spiro atoms. The highest BCUT2D eigenvalue weighted by molar-refractivity contribution is 7.92. The Morgan fingerprint density at radius 3 is 2.50 bits per heavy atom. The maximum absolute atomic E-state index is 12.7. The predicted octanol–water partition coefficient (Wildman–Crippen LogP) is 3.19. The molecule has 0 fully saturated rings. The van der Waals surface area contributed by atoms with E-state index in [-0.39, 0.29) is 0 Å². The van der Waals surface area contributed by atoms with Gasteiger partial charge in [-0.25, -0.2) is 8.42 Å². The molecule has 1 N–H and O–H groups in total. The minimum absolute atomic E-state index is 0.425. The molecule has 0 aliphatic heterocycles. The molecule has 2 aromatic rings. The molecular formula is C19H24N2O4S. The van der Waals surface area contributed by atoms with Gasteiger partial charge in [-0.2, -0.15) is 0 Å². The number of nitrogens with one attached hydrogen (secondary N) is 1. The van der Waals surface area contributed by atoms with Crippen molar-refractivity contribution in [1.29, 1.82) is 0 Å². The fourth-order valence-corrected chi connectivity index (χ4v) is 3.82. The van der Waals surface area contributed by atoms with Gasteiger partial charge in [-0.05, 0) is 50.6 Å². The summed E-state index contributed by atoms with van der Waals surface area (Å²) in [5.41, 5.74) is 1.91. The minimum Gasteiger partial charge on any atom is -0.494 e. The van der Waals surface area contributed by atoms with E-state index in [1.807, 2.05) is 19.9 Å². The van der Waals surface area contributed by atoms with Crippen LogP contribution in [-0.4, -0.2) is 33.2 Å². The quantitative estimate of drug-likeness (QED) is 0.805. The SMILES string of the molecule is CCOc1cccc(NC(=O)[C@H](C)N(c2cccc(C)c2)S(C)(=O)=O)c1. The summed E-state index contributed by atoms with van der Waals surface area (Å²) in [5.74, 6) is 0.210. The van der Waals surface area contributed by atoms with Crippen molar-refractivity contribution < 1.29 is 17.9 Å². The Kier molecular flexibility index (Phi) is 6.26. The molecule has 2 aromatic carbocycles. The molecule has 1 amide bonds. The third-order valence-electron chi connectivity index (χ3n) is 3.76. The highest BCUT2D eigenvalue weighted by Crippen LogP contribution is 2.23. The standard InChI is InChI=1S/C19H24N2O4S/c1-5-25-18-11-7-9-16(13-18)20-19(22)15(3)21(26(4,23)24)17-10-6-8-14(2)12-17/h6-13,15H,5H2,1-4H3,(H,20,22)/t15-/m0/s1. The zero-order valence-electron chi connectivity index (χ0n) is 15.4. The van der Waals surface area contributed by atoms with Crippen LogP contribution in [0.2, 0.25) is 0 Å². The lowest BCUT2D eigenvalue weighted by Gasteiger charge is -2.28. The lowest BCUT2D eigenvalue weighted by molar-refractivity contribution is -0.116. The molecule has 1 atom stereocenters. The first-order chi connectivity index (χ1) is 12.2. The van der Waals surface area contributed by atoms with Crippen molar-refractivity contribution in [2.45, 2.75) is 26.8 Å². The zero-order valence-corrected chi connectivity index (χ0v) is 16.2. The predicted molar refractivity (Wildman–Crippen MR) is 104 cm³/mol. The summed E-state index contributed by atoms with van der Waals surface area (Å²) in [6, 6.07) is 13.1. The lowest BCUT2D eigenvalue weighted by atomic mass is 10.2. The number of carbonyl (C=O) groups is 1. The fourth-order valence-electron chi connectivity index (χ4n) is 2.65. The van der Waals surface area contributed by atoms with Gasteiger partial charge < -0.3 is 10.1 Å². The van der Waals surface area contributed by atoms with Crippen molar-refractivity contribution in [3.8, 4) is 5.75 Å². The Bertz CT molecular complexity index is 881. The van der Waals surface area contributed by atoms with Gasteiger partial charge in [-0.1, -0.05) is 18.2 Å². The number of hydrogen-bond acceptors (Lipinski definition) is 4. The zero-order chi connectivity index (χ0) is 19.3. The van der Waals surface area contributed by atoms with Gasteiger partial charge in [0.05, 0.1) is 18.6 Å². The molecule has 0 aliphatic rings. The number of anilines is 2. The van der Waals surface area contributed by atoms with Crippen LogP contribution < -0.4 is 14.4 Å². The molecular weight excluding hydrogens is 352 g/mol. The number of sulfonamides is 1. The van der Waals surface area contributed by atoms with Crippen LogP contribution in [0.1, 0.15) is 19.4 Å². The largest absolute Gasteiger partial charge is 0.494 e. The van der Waals surface area contributed by atoms with Gasteiger partial charge in [0.25, 0.3) is 0 Å². The average Bonchev–Trinajstić information content (AvgIpc) is 2.54. The van der Waals surface area contributed by atoms with Crippen LogP contribution in [0.4, 0.5) is 11.4 Å². The molecule has 0 radical (unpaired) electrons. The van der Waals surface area contributed by atoms with Crippen LogP contribution in [-0.2, 0) is 14.8 Å². The van der Waals surface area contributed by atoms with Crippen LogP contribution in [0.25, 0.3) is 0 Å². The lowest BCUT2D eigenvalue weighted by Crippen LogP contribution is -2.45. The molecule has 0 aromatic heterocycles. The molecule has 0 aliphatic carbocycles. The van der Waals surface area contributed by atoms with E-state index in [1.165, 1.54) is 0 Å². The highest BCUT2D eigenvalue weighted by Gasteiger charge is 2.29. The molecule has 140 valence electrons. The molecule has 0 saturated carbocycles. The van der Waals surface area contributed by atoms with Gasteiger partial charge in [0, 0.05) is 11.8 Å². The van der Waals surface area contributed by atoms with Crippen molar-refractivity contribution >= 4 is 27.3 Å². The number of benzene rings is 2. The van der Waals surface area contributed by atoms with Crippen molar-refractivity contribution in [1.82, 2.24) is 0 Å². The summed E-state index contributed by atoms with van der Waals surface area (Å²) < 4.78 is 31.2. The van der Waals surface area contributed by atoms with Gasteiger partial charge in [0.1, 0.15) is 11.8 Å². The van der Waals surface area contributed by atoms with Crippen LogP contribution in [0, 0.1) is 6.92 Å². The number of carbonyl (C=O) groups excluding carboxylic acids is 1. The third-order valence-corrected chi connectivity index (χ3v) is 5.00. The van der Waals surface area contributed by atoms with Crippen molar-refractivity contribution in [3.05, 3.63) is 54.1 Å². The summed E-state index contributed by atoms with van der Waals surface area (Å²) in [6.45, 7) is 5.82. The maximum Gasteiger partial charge on any atom is 0.247 e. The van der Waals surface area contributed by atoms with Gasteiger partial charge >= 0.3 is 0 Å². The van der Waals surface area contributed by atoms with E-state index in [0.717, 1.165) is 16.1 Å². The normalized spacial score (nSPS) is 12.3. The number of rotatable bonds is 7. The van der Waals surface area contributed by atoms with E-state index in [1.54, 1.807) is 49.4 Å². The van der Waals surface area contributed by atoms with Gasteiger partial charge in [0.15, 0.2) is 0 Å². The number of ether oxygens (including phenoxy) is 1. The number of hydrogen-bond donors (Lipinski definition) is 1. The Hall–Kier alpha value is -2.54. The topological polar surface area (TPSA) is 75.7 Å². The maximum atomic E-state index is 12.7.